The normalized spacial score (nSPS) is 11.3. The molecule has 0 atom stereocenters. The van der Waals surface area contributed by atoms with Crippen molar-refractivity contribution in [2.75, 3.05) is 6.61 Å². The summed E-state index contributed by atoms with van der Waals surface area (Å²) in [6, 6.07) is 31.2. The number of para-hydroxylation sites is 1. The van der Waals surface area contributed by atoms with Crippen molar-refractivity contribution in [1.29, 1.82) is 0 Å². The molecule has 0 bridgehead atoms. The fourth-order valence-electron chi connectivity index (χ4n) is 4.64. The van der Waals surface area contributed by atoms with Gasteiger partial charge >= 0.3 is 0 Å². The molecule has 0 aliphatic heterocycles. The van der Waals surface area contributed by atoms with E-state index in [0.717, 1.165) is 44.0 Å². The number of fused-ring (bicyclic) bond motifs is 2. The molecule has 0 aromatic heterocycles. The van der Waals surface area contributed by atoms with Gasteiger partial charge in [0.25, 0.3) is 0 Å². The minimum Gasteiger partial charge on any atom is -0.508 e. The second kappa shape index (κ2) is 8.27. The van der Waals surface area contributed by atoms with Crippen molar-refractivity contribution < 1.29 is 14.9 Å². The molecule has 0 unspecified atom stereocenters. The molecule has 5 rings (SSSR count). The molecule has 0 aliphatic carbocycles. The summed E-state index contributed by atoms with van der Waals surface area (Å²) >= 11 is 0. The monoisotopic (exact) mass is 420 g/mol. The van der Waals surface area contributed by atoms with Crippen molar-refractivity contribution >= 4 is 21.5 Å². The fourth-order valence-corrected chi connectivity index (χ4v) is 4.64. The Bertz CT molecular complexity index is 1340. The Kier molecular flexibility index (Phi) is 5.16. The summed E-state index contributed by atoms with van der Waals surface area (Å²) in [5.74, 6) is 0.675. The lowest BCUT2D eigenvalue weighted by molar-refractivity contribution is 0.336. The number of ether oxygens (including phenoxy) is 1. The third-order valence-electron chi connectivity index (χ3n) is 6.00. The van der Waals surface area contributed by atoms with Crippen molar-refractivity contribution in [3.63, 3.8) is 0 Å². The molecular formula is C29H24O3. The summed E-state index contributed by atoms with van der Waals surface area (Å²) in [5, 5.41) is 26.3. The lowest BCUT2D eigenvalue weighted by Gasteiger charge is -2.26. The molecule has 0 saturated heterocycles. The van der Waals surface area contributed by atoms with Crippen LogP contribution in [0.4, 0.5) is 0 Å². The Hall–Kier alpha value is -3.98. The Morgan fingerprint density at radius 3 is 1.69 bits per heavy atom. The highest BCUT2D eigenvalue weighted by atomic mass is 16.5. The molecule has 32 heavy (non-hydrogen) atoms. The average Bonchev–Trinajstić information content (AvgIpc) is 2.83. The highest BCUT2D eigenvalue weighted by Gasteiger charge is 2.29. The van der Waals surface area contributed by atoms with Crippen LogP contribution >= 0.6 is 0 Å². The van der Waals surface area contributed by atoms with Gasteiger partial charge in [0, 0.05) is 22.6 Å². The Labute approximate surface area is 187 Å². The molecule has 0 heterocycles. The van der Waals surface area contributed by atoms with E-state index in [1.165, 1.54) is 0 Å². The summed E-state index contributed by atoms with van der Waals surface area (Å²) in [5.41, 5.74) is 2.40. The molecule has 3 heteroatoms. The molecule has 158 valence electrons. The van der Waals surface area contributed by atoms with Gasteiger partial charge in [0.1, 0.15) is 17.2 Å². The summed E-state index contributed by atoms with van der Waals surface area (Å²) in [7, 11) is 0. The minimum absolute atomic E-state index is 0.187. The number of benzene rings is 5. The van der Waals surface area contributed by atoms with Crippen LogP contribution in [0.1, 0.15) is 29.5 Å². The molecular weight excluding hydrogens is 396 g/mol. The first-order chi connectivity index (χ1) is 15.7. The van der Waals surface area contributed by atoms with Gasteiger partial charge in [-0.2, -0.15) is 0 Å². The summed E-state index contributed by atoms with van der Waals surface area (Å²) in [6.45, 7) is 2.48. The van der Waals surface area contributed by atoms with Crippen molar-refractivity contribution in [2.45, 2.75) is 12.8 Å². The second-order valence-corrected chi connectivity index (χ2v) is 7.84. The zero-order valence-electron chi connectivity index (χ0n) is 17.8. The highest BCUT2D eigenvalue weighted by Crippen LogP contribution is 2.48. The molecule has 0 spiro atoms. The first kappa shape index (κ1) is 20.0. The van der Waals surface area contributed by atoms with Crippen LogP contribution in [0.3, 0.4) is 0 Å². The van der Waals surface area contributed by atoms with Crippen LogP contribution < -0.4 is 4.74 Å². The van der Waals surface area contributed by atoms with Gasteiger partial charge in [-0.25, -0.2) is 0 Å². The molecule has 0 saturated carbocycles. The number of hydrogen-bond acceptors (Lipinski definition) is 3. The van der Waals surface area contributed by atoms with Crippen LogP contribution in [0, 0.1) is 0 Å². The second-order valence-electron chi connectivity index (χ2n) is 7.84. The van der Waals surface area contributed by atoms with E-state index < -0.39 is 5.92 Å². The Morgan fingerprint density at radius 2 is 1.12 bits per heavy atom. The van der Waals surface area contributed by atoms with E-state index in [0.29, 0.717) is 6.61 Å². The van der Waals surface area contributed by atoms with Crippen molar-refractivity contribution in [3.8, 4) is 17.2 Å². The van der Waals surface area contributed by atoms with Gasteiger partial charge in [-0.15, -0.1) is 0 Å². The topological polar surface area (TPSA) is 49.7 Å². The van der Waals surface area contributed by atoms with Gasteiger partial charge in [0.15, 0.2) is 0 Å². The van der Waals surface area contributed by atoms with Gasteiger partial charge in [-0.05, 0) is 46.7 Å². The van der Waals surface area contributed by atoms with Gasteiger partial charge < -0.3 is 14.9 Å². The van der Waals surface area contributed by atoms with Crippen molar-refractivity contribution in [1.82, 2.24) is 0 Å². The third kappa shape index (κ3) is 3.32. The summed E-state index contributed by atoms with van der Waals surface area (Å²) in [6.07, 6.45) is 0. The van der Waals surface area contributed by atoms with Crippen LogP contribution in [-0.2, 0) is 0 Å². The quantitative estimate of drug-likeness (QED) is 0.302. The zero-order chi connectivity index (χ0) is 22.1. The zero-order valence-corrected chi connectivity index (χ0v) is 17.8. The van der Waals surface area contributed by atoms with Crippen molar-refractivity contribution in [2.24, 2.45) is 0 Å². The summed E-state index contributed by atoms with van der Waals surface area (Å²) < 4.78 is 6.00. The number of aromatic hydroxyl groups is 2. The van der Waals surface area contributed by atoms with Crippen LogP contribution in [0.25, 0.3) is 21.5 Å². The third-order valence-corrected chi connectivity index (χ3v) is 6.00. The van der Waals surface area contributed by atoms with Crippen LogP contribution in [0.15, 0.2) is 97.1 Å². The van der Waals surface area contributed by atoms with Gasteiger partial charge in [-0.1, -0.05) is 78.9 Å². The maximum atomic E-state index is 11.2. The lowest BCUT2D eigenvalue weighted by Crippen LogP contribution is -2.08. The lowest BCUT2D eigenvalue weighted by atomic mass is 9.79. The van der Waals surface area contributed by atoms with Gasteiger partial charge in [0.05, 0.1) is 6.61 Å². The molecule has 0 aliphatic rings. The highest BCUT2D eigenvalue weighted by molar-refractivity contribution is 5.93. The van der Waals surface area contributed by atoms with Crippen molar-refractivity contribution in [3.05, 3.63) is 114 Å². The standard InChI is InChI=1S/C29H24O3/c1-2-32-26-14-8-7-13-23(26)29(27-21-11-5-3-9-19(21)15-17-24(27)30)28-22-12-6-4-10-20(22)16-18-25(28)31/h3-18,29-31H,2H2,1H3. The van der Waals surface area contributed by atoms with E-state index in [2.05, 4.69) is 0 Å². The van der Waals surface area contributed by atoms with E-state index in [9.17, 15) is 10.2 Å². The molecule has 5 aromatic carbocycles. The maximum absolute atomic E-state index is 11.2. The fraction of sp³-hybridized carbons (Fsp3) is 0.103. The predicted octanol–water partition coefficient (Wildman–Crippen LogP) is 6.98. The van der Waals surface area contributed by atoms with E-state index in [1.54, 1.807) is 12.1 Å². The minimum atomic E-state index is -0.435. The molecule has 0 amide bonds. The SMILES string of the molecule is CCOc1ccccc1C(c1c(O)ccc2ccccc12)c1c(O)ccc2ccccc12. The summed E-state index contributed by atoms with van der Waals surface area (Å²) in [4.78, 5) is 0. The van der Waals surface area contributed by atoms with E-state index in [1.807, 2.05) is 91.9 Å². The Morgan fingerprint density at radius 1 is 0.625 bits per heavy atom. The molecule has 5 aromatic rings. The number of phenolic OH excluding ortho intramolecular Hbond substituents is 2. The van der Waals surface area contributed by atoms with Crippen LogP contribution in [0.5, 0.6) is 17.2 Å². The largest absolute Gasteiger partial charge is 0.508 e. The van der Waals surface area contributed by atoms with E-state index in [4.69, 9.17) is 4.74 Å². The number of hydrogen-bond donors (Lipinski definition) is 2. The molecule has 3 nitrogen and oxygen atoms in total. The number of rotatable bonds is 5. The average molecular weight is 421 g/mol. The van der Waals surface area contributed by atoms with Crippen LogP contribution in [0.2, 0.25) is 0 Å². The molecule has 0 radical (unpaired) electrons. The molecule has 2 N–H and O–H groups in total. The first-order valence-electron chi connectivity index (χ1n) is 10.8. The van der Waals surface area contributed by atoms with E-state index in [-0.39, 0.29) is 11.5 Å². The van der Waals surface area contributed by atoms with Crippen LogP contribution in [-0.4, -0.2) is 16.8 Å². The van der Waals surface area contributed by atoms with Gasteiger partial charge in [-0.3, -0.25) is 0 Å². The Balaban J connectivity index is 1.93. The smallest absolute Gasteiger partial charge is 0.123 e. The molecule has 0 fully saturated rings. The predicted molar refractivity (Wildman–Crippen MR) is 130 cm³/mol. The first-order valence-corrected chi connectivity index (χ1v) is 10.8. The van der Waals surface area contributed by atoms with Gasteiger partial charge in [0.2, 0.25) is 0 Å². The maximum Gasteiger partial charge on any atom is 0.123 e. The van der Waals surface area contributed by atoms with E-state index >= 15 is 0 Å². The number of phenols is 2.